The first-order valence-corrected chi connectivity index (χ1v) is 6.80. The van der Waals surface area contributed by atoms with Crippen LogP contribution < -0.4 is 11.1 Å². The summed E-state index contributed by atoms with van der Waals surface area (Å²) in [7, 11) is -0.768. The molecule has 2 unspecified atom stereocenters. The van der Waals surface area contributed by atoms with Crippen LogP contribution in [-0.2, 0) is 15.6 Å². The normalized spacial score (nSPS) is 16.0. The van der Waals surface area contributed by atoms with E-state index >= 15 is 0 Å². The first kappa shape index (κ1) is 14.6. The molecule has 1 amide bonds. The third-order valence-electron chi connectivity index (χ3n) is 2.11. The van der Waals surface area contributed by atoms with Gasteiger partial charge >= 0.3 is 0 Å². The zero-order valence-corrected chi connectivity index (χ0v) is 10.8. The fourth-order valence-corrected chi connectivity index (χ4v) is 1.91. The molecule has 5 heteroatoms. The van der Waals surface area contributed by atoms with Gasteiger partial charge in [0, 0.05) is 22.8 Å². The second-order valence-corrected chi connectivity index (χ2v) is 6.34. The van der Waals surface area contributed by atoms with Gasteiger partial charge in [0.1, 0.15) is 0 Å². The van der Waals surface area contributed by atoms with E-state index in [1.807, 2.05) is 20.8 Å². The van der Waals surface area contributed by atoms with Crippen LogP contribution in [0.4, 0.5) is 0 Å². The lowest BCUT2D eigenvalue weighted by Gasteiger charge is -2.28. The fourth-order valence-electron chi connectivity index (χ4n) is 1.36. The zero-order valence-electron chi connectivity index (χ0n) is 10.0. The van der Waals surface area contributed by atoms with Gasteiger partial charge in [-0.1, -0.05) is 20.8 Å². The van der Waals surface area contributed by atoms with E-state index in [2.05, 4.69) is 5.32 Å². The maximum atomic E-state index is 11.2. The highest BCUT2D eigenvalue weighted by Crippen LogP contribution is 2.18. The Kier molecular flexibility index (Phi) is 6.05. The Morgan fingerprint density at radius 3 is 2.33 bits per heavy atom. The Hall–Kier alpha value is -0.420. The summed E-state index contributed by atoms with van der Waals surface area (Å²) in [5, 5.41) is 3.11. The lowest BCUT2D eigenvalue weighted by atomic mass is 9.86. The van der Waals surface area contributed by atoms with Crippen LogP contribution >= 0.6 is 0 Å². The van der Waals surface area contributed by atoms with Crippen molar-refractivity contribution in [3.8, 4) is 0 Å². The van der Waals surface area contributed by atoms with Crippen LogP contribution in [0.5, 0.6) is 0 Å². The van der Waals surface area contributed by atoms with E-state index in [9.17, 15) is 9.00 Å². The maximum Gasteiger partial charge on any atom is 0.235 e. The highest BCUT2D eigenvalue weighted by molar-refractivity contribution is 7.84. The molecule has 0 aromatic heterocycles. The van der Waals surface area contributed by atoms with Gasteiger partial charge in [0.15, 0.2) is 0 Å². The van der Waals surface area contributed by atoms with Gasteiger partial charge in [0.05, 0.1) is 6.04 Å². The summed E-state index contributed by atoms with van der Waals surface area (Å²) in [6, 6.07) is -0.331. The summed E-state index contributed by atoms with van der Waals surface area (Å²) < 4.78 is 10.8. The molecular weight excluding hydrogens is 212 g/mol. The van der Waals surface area contributed by atoms with E-state index in [1.165, 1.54) is 0 Å². The predicted molar refractivity (Wildman–Crippen MR) is 64.0 cm³/mol. The molecule has 0 spiro atoms. The molecule has 0 aliphatic rings. The Bertz CT molecular complexity index is 236. The molecule has 0 fully saturated rings. The van der Waals surface area contributed by atoms with Gasteiger partial charge in [0.2, 0.25) is 5.91 Å². The number of primary amides is 1. The van der Waals surface area contributed by atoms with Crippen molar-refractivity contribution in [3.63, 3.8) is 0 Å². The molecule has 2 atom stereocenters. The van der Waals surface area contributed by atoms with Crippen molar-refractivity contribution < 1.29 is 9.00 Å². The summed E-state index contributed by atoms with van der Waals surface area (Å²) >= 11 is 0. The number of hydrogen-bond acceptors (Lipinski definition) is 3. The molecule has 0 saturated heterocycles. The second kappa shape index (κ2) is 6.23. The van der Waals surface area contributed by atoms with Crippen molar-refractivity contribution in [2.24, 2.45) is 11.1 Å². The molecule has 0 radical (unpaired) electrons. The van der Waals surface area contributed by atoms with Gasteiger partial charge in [-0.15, -0.1) is 0 Å². The average molecular weight is 234 g/mol. The second-order valence-electron chi connectivity index (χ2n) is 4.79. The third-order valence-corrected chi connectivity index (χ3v) is 2.97. The van der Waals surface area contributed by atoms with E-state index in [0.717, 1.165) is 6.42 Å². The summed E-state index contributed by atoms with van der Waals surface area (Å²) in [5.74, 6) is 0.322. The van der Waals surface area contributed by atoms with Crippen LogP contribution in [0.15, 0.2) is 0 Å². The molecule has 0 aromatic rings. The van der Waals surface area contributed by atoms with Gasteiger partial charge < -0.3 is 11.1 Å². The molecule has 0 aliphatic carbocycles. The molecule has 0 aromatic carbocycles. The molecule has 4 nitrogen and oxygen atoms in total. The van der Waals surface area contributed by atoms with E-state index < -0.39 is 10.8 Å². The van der Waals surface area contributed by atoms with Crippen molar-refractivity contribution >= 4 is 16.7 Å². The van der Waals surface area contributed by atoms with Gasteiger partial charge in [0.25, 0.3) is 0 Å². The number of carbonyl (C=O) groups excluding carboxylic acids is 1. The predicted octanol–water partition coefficient (Wildman–Crippen LogP) is 0.245. The largest absolute Gasteiger partial charge is 0.368 e. The van der Waals surface area contributed by atoms with E-state index in [4.69, 9.17) is 5.73 Å². The minimum Gasteiger partial charge on any atom is -0.368 e. The van der Waals surface area contributed by atoms with Crippen LogP contribution in [0.25, 0.3) is 0 Å². The summed E-state index contributed by atoms with van der Waals surface area (Å²) in [4.78, 5) is 11.2. The molecule has 3 N–H and O–H groups in total. The smallest absolute Gasteiger partial charge is 0.235 e. The molecule has 0 aliphatic heterocycles. The lowest BCUT2D eigenvalue weighted by Crippen LogP contribution is -2.50. The van der Waals surface area contributed by atoms with Crippen molar-refractivity contribution in [2.45, 2.75) is 33.2 Å². The van der Waals surface area contributed by atoms with Crippen LogP contribution in [0.1, 0.15) is 27.2 Å². The zero-order chi connectivity index (χ0) is 12.1. The number of carbonyl (C=O) groups is 1. The maximum absolute atomic E-state index is 11.2. The Morgan fingerprint density at radius 2 is 2.00 bits per heavy atom. The standard InChI is InChI=1S/C10H22N2O2S/c1-10(2,3)8(9(11)13)12-6-5-7-15(4)14/h8,12H,5-7H2,1-4H3,(H2,11,13). The number of amides is 1. The van der Waals surface area contributed by atoms with Crippen LogP contribution in [-0.4, -0.2) is 34.7 Å². The molecular formula is C10H22N2O2S. The lowest BCUT2D eigenvalue weighted by molar-refractivity contribution is -0.122. The minimum absolute atomic E-state index is 0.183. The van der Waals surface area contributed by atoms with Crippen molar-refractivity contribution in [2.75, 3.05) is 18.6 Å². The number of hydrogen-bond donors (Lipinski definition) is 2. The molecule has 15 heavy (non-hydrogen) atoms. The van der Waals surface area contributed by atoms with Crippen molar-refractivity contribution in [3.05, 3.63) is 0 Å². The van der Waals surface area contributed by atoms with Gasteiger partial charge in [-0.25, -0.2) is 0 Å². The van der Waals surface area contributed by atoms with E-state index in [1.54, 1.807) is 6.26 Å². The summed E-state index contributed by atoms with van der Waals surface area (Å²) in [6.45, 7) is 6.57. The van der Waals surface area contributed by atoms with E-state index in [0.29, 0.717) is 12.3 Å². The van der Waals surface area contributed by atoms with Crippen LogP contribution in [0, 0.1) is 5.41 Å². The van der Waals surface area contributed by atoms with Crippen molar-refractivity contribution in [1.29, 1.82) is 0 Å². The Morgan fingerprint density at radius 1 is 1.47 bits per heavy atom. The first-order chi connectivity index (χ1) is 6.75. The van der Waals surface area contributed by atoms with Gasteiger partial charge in [-0.05, 0) is 18.4 Å². The highest BCUT2D eigenvalue weighted by Gasteiger charge is 2.28. The first-order valence-electron chi connectivity index (χ1n) is 5.08. The minimum atomic E-state index is -0.768. The monoisotopic (exact) mass is 234 g/mol. The molecule has 0 bridgehead atoms. The van der Waals surface area contributed by atoms with Crippen LogP contribution in [0.2, 0.25) is 0 Å². The average Bonchev–Trinajstić information content (AvgIpc) is 1.99. The van der Waals surface area contributed by atoms with Crippen LogP contribution in [0.3, 0.4) is 0 Å². The fraction of sp³-hybridized carbons (Fsp3) is 0.900. The molecule has 90 valence electrons. The highest BCUT2D eigenvalue weighted by atomic mass is 32.2. The van der Waals surface area contributed by atoms with Gasteiger partial charge in [-0.3, -0.25) is 9.00 Å². The van der Waals surface area contributed by atoms with Gasteiger partial charge in [-0.2, -0.15) is 0 Å². The number of nitrogens with two attached hydrogens (primary N) is 1. The Labute approximate surface area is 94.4 Å². The topological polar surface area (TPSA) is 72.2 Å². The SMILES string of the molecule is CS(=O)CCCNC(C(N)=O)C(C)(C)C. The van der Waals surface area contributed by atoms with E-state index in [-0.39, 0.29) is 17.4 Å². The number of rotatable bonds is 6. The third kappa shape index (κ3) is 6.62. The summed E-state index contributed by atoms with van der Waals surface area (Å²) in [5.41, 5.74) is 5.12. The summed E-state index contributed by atoms with van der Waals surface area (Å²) in [6.07, 6.45) is 2.47. The number of nitrogens with one attached hydrogen (secondary N) is 1. The quantitative estimate of drug-likeness (QED) is 0.647. The molecule has 0 heterocycles. The molecule has 0 saturated carbocycles. The Balaban J connectivity index is 3.99. The molecule has 0 rings (SSSR count). The van der Waals surface area contributed by atoms with Crippen molar-refractivity contribution in [1.82, 2.24) is 5.32 Å².